The van der Waals surface area contributed by atoms with Gasteiger partial charge in [0.2, 0.25) is 11.1 Å². The van der Waals surface area contributed by atoms with Gasteiger partial charge in [-0.15, -0.1) is 10.2 Å². The van der Waals surface area contributed by atoms with Crippen molar-refractivity contribution in [1.82, 2.24) is 24.8 Å². The minimum atomic E-state index is -2.91. The predicted octanol–water partition coefficient (Wildman–Crippen LogP) is 2.55. The molecule has 1 atom stereocenters. The maximum atomic E-state index is 12.6. The van der Waals surface area contributed by atoms with Crippen molar-refractivity contribution >= 4 is 34.4 Å². The van der Waals surface area contributed by atoms with Crippen LogP contribution in [0.25, 0.3) is 22.4 Å². The number of nitrogens with one attached hydrogen (secondary N) is 3. The summed E-state index contributed by atoms with van der Waals surface area (Å²) in [6.07, 6.45) is 0. The van der Waals surface area contributed by atoms with Gasteiger partial charge in [-0.25, -0.2) is 9.47 Å². The predicted molar refractivity (Wildman–Crippen MR) is 115 cm³/mol. The van der Waals surface area contributed by atoms with Gasteiger partial charge in [-0.3, -0.25) is 4.79 Å². The van der Waals surface area contributed by atoms with Crippen molar-refractivity contribution in [1.29, 1.82) is 0 Å². The van der Waals surface area contributed by atoms with E-state index in [4.69, 9.17) is 5.84 Å². The van der Waals surface area contributed by atoms with Gasteiger partial charge in [-0.2, -0.15) is 8.78 Å². The molecule has 0 fully saturated rings. The van der Waals surface area contributed by atoms with Gasteiger partial charge in [0.25, 0.3) is 0 Å². The lowest BCUT2D eigenvalue weighted by atomic mass is 10.2. The minimum absolute atomic E-state index is 0.00799. The summed E-state index contributed by atoms with van der Waals surface area (Å²) in [5, 5.41) is 10.5. The number of amides is 1. The van der Waals surface area contributed by atoms with Crippen molar-refractivity contribution in [2.45, 2.75) is 23.9 Å². The smallest absolute Gasteiger partial charge is 0.387 e. The van der Waals surface area contributed by atoms with E-state index in [-0.39, 0.29) is 17.3 Å². The van der Waals surface area contributed by atoms with Gasteiger partial charge in [0.15, 0.2) is 5.82 Å². The minimum Gasteiger partial charge on any atom is -0.435 e. The Morgan fingerprint density at radius 2 is 1.88 bits per heavy atom. The van der Waals surface area contributed by atoms with Crippen LogP contribution < -0.4 is 21.6 Å². The van der Waals surface area contributed by atoms with E-state index in [0.717, 1.165) is 11.8 Å². The Bertz CT molecular complexity index is 1320. The summed E-state index contributed by atoms with van der Waals surface area (Å²) in [4.78, 5) is 29.2. The number of hydrogen-bond acceptors (Lipinski definition) is 7. The number of halogens is 2. The van der Waals surface area contributed by atoms with E-state index in [1.165, 1.54) is 28.9 Å². The number of thioether (sulfide) groups is 1. The average Bonchev–Trinajstić information content (AvgIpc) is 3.29. The number of nitrogens with zero attached hydrogens (tertiary/aromatic N) is 3. The summed E-state index contributed by atoms with van der Waals surface area (Å²) in [5.41, 5.74) is 1.93. The maximum Gasteiger partial charge on any atom is 0.387 e. The number of nitrogen functional groups attached to an aromatic ring is 1. The molecule has 1 amide bonds. The van der Waals surface area contributed by atoms with E-state index in [1.54, 1.807) is 25.1 Å². The molecule has 5 N–H and O–H groups in total. The average molecular weight is 461 g/mol. The molecule has 13 heteroatoms. The summed E-state index contributed by atoms with van der Waals surface area (Å²) in [5.74, 6) is 6.07. The molecule has 0 aliphatic carbocycles. The van der Waals surface area contributed by atoms with Crippen LogP contribution in [0.1, 0.15) is 6.92 Å². The van der Waals surface area contributed by atoms with E-state index in [2.05, 4.69) is 30.2 Å². The summed E-state index contributed by atoms with van der Waals surface area (Å²) in [7, 11) is 0. The van der Waals surface area contributed by atoms with E-state index in [1.807, 2.05) is 0 Å². The number of aromatic nitrogens is 5. The van der Waals surface area contributed by atoms with Gasteiger partial charge >= 0.3 is 12.3 Å². The number of carbonyl (C=O) groups excluding carboxylic acids is 1. The quantitative estimate of drug-likeness (QED) is 0.245. The summed E-state index contributed by atoms with van der Waals surface area (Å²) < 4.78 is 30.1. The van der Waals surface area contributed by atoms with Gasteiger partial charge in [0.05, 0.1) is 16.3 Å². The Hall–Kier alpha value is -3.87. The number of ether oxygens (including phenoxy) is 1. The zero-order valence-corrected chi connectivity index (χ0v) is 17.3. The second-order valence-electron chi connectivity index (χ2n) is 6.67. The molecular weight excluding hydrogens is 444 g/mol. The van der Waals surface area contributed by atoms with E-state index < -0.39 is 11.9 Å². The van der Waals surface area contributed by atoms with E-state index in [9.17, 15) is 18.4 Å². The number of hydrogen-bond donors (Lipinski definition) is 4. The van der Waals surface area contributed by atoms with E-state index >= 15 is 0 Å². The molecule has 0 saturated carbocycles. The first-order valence-corrected chi connectivity index (χ1v) is 10.1. The Morgan fingerprint density at radius 1 is 1.16 bits per heavy atom. The van der Waals surface area contributed by atoms with Crippen LogP contribution in [0.2, 0.25) is 0 Å². The summed E-state index contributed by atoms with van der Waals surface area (Å²) in [6.45, 7) is -1.23. The molecule has 2 aromatic carbocycles. The second kappa shape index (κ2) is 8.70. The highest BCUT2D eigenvalue weighted by Crippen LogP contribution is 2.27. The normalized spacial score (nSPS) is 12.2. The van der Waals surface area contributed by atoms with Crippen LogP contribution >= 0.6 is 11.8 Å². The number of nitrogens with two attached hydrogens (primary N) is 1. The first-order valence-electron chi connectivity index (χ1n) is 9.25. The molecule has 0 spiro atoms. The van der Waals surface area contributed by atoms with Gasteiger partial charge < -0.3 is 25.9 Å². The SMILES string of the molecule is CC(Sc1nnc(-c2ccc(OC(F)F)cc2)n1N)C(=O)Nc1ccc2[nH]c(=O)[nH]c2c1. The van der Waals surface area contributed by atoms with Crippen LogP contribution in [0, 0.1) is 0 Å². The highest BCUT2D eigenvalue weighted by molar-refractivity contribution is 8.00. The molecule has 32 heavy (non-hydrogen) atoms. The molecule has 0 bridgehead atoms. The molecule has 2 heterocycles. The molecule has 0 saturated heterocycles. The Labute approximate surface area is 183 Å². The third-order valence-corrected chi connectivity index (χ3v) is 5.49. The largest absolute Gasteiger partial charge is 0.435 e. The molecule has 10 nitrogen and oxygen atoms in total. The molecule has 4 rings (SSSR count). The third-order valence-electron chi connectivity index (χ3n) is 4.44. The first-order chi connectivity index (χ1) is 15.3. The van der Waals surface area contributed by atoms with E-state index in [0.29, 0.717) is 33.3 Å². The van der Waals surface area contributed by atoms with Crippen LogP contribution in [-0.4, -0.2) is 42.6 Å². The number of fused-ring (bicyclic) bond motifs is 1. The number of H-pyrrole nitrogens is 2. The van der Waals surface area contributed by atoms with Crippen LogP contribution in [0.3, 0.4) is 0 Å². The van der Waals surface area contributed by atoms with Crippen LogP contribution in [0.15, 0.2) is 52.4 Å². The number of anilines is 1. The number of aromatic amines is 2. The third kappa shape index (κ3) is 4.56. The van der Waals surface area contributed by atoms with Crippen molar-refractivity contribution in [3.05, 3.63) is 52.9 Å². The highest BCUT2D eigenvalue weighted by Gasteiger charge is 2.20. The number of rotatable bonds is 7. The van der Waals surface area contributed by atoms with Gasteiger partial charge in [0, 0.05) is 11.3 Å². The van der Waals surface area contributed by atoms with Crippen LogP contribution in [-0.2, 0) is 4.79 Å². The Kier molecular flexibility index (Phi) is 5.81. The maximum absolute atomic E-state index is 12.6. The Balaban J connectivity index is 1.43. The molecule has 166 valence electrons. The lowest BCUT2D eigenvalue weighted by molar-refractivity contribution is -0.115. The molecule has 2 aromatic heterocycles. The van der Waals surface area contributed by atoms with Crippen molar-refractivity contribution in [3.8, 4) is 17.1 Å². The first kappa shape index (κ1) is 21.4. The Morgan fingerprint density at radius 3 is 2.59 bits per heavy atom. The topological polar surface area (TPSA) is 144 Å². The highest BCUT2D eigenvalue weighted by atomic mass is 32.2. The second-order valence-corrected chi connectivity index (χ2v) is 7.98. The summed E-state index contributed by atoms with van der Waals surface area (Å²) in [6, 6.07) is 10.8. The van der Waals surface area contributed by atoms with Crippen LogP contribution in [0.5, 0.6) is 5.75 Å². The van der Waals surface area contributed by atoms with Crippen molar-refractivity contribution < 1.29 is 18.3 Å². The zero-order chi connectivity index (χ0) is 22.8. The van der Waals surface area contributed by atoms with Gasteiger partial charge in [0.1, 0.15) is 5.75 Å². The zero-order valence-electron chi connectivity index (χ0n) is 16.5. The summed E-state index contributed by atoms with van der Waals surface area (Å²) >= 11 is 1.10. The number of benzene rings is 2. The number of carbonyl (C=O) groups is 1. The lowest BCUT2D eigenvalue weighted by Gasteiger charge is -2.11. The molecule has 1 unspecified atom stereocenters. The van der Waals surface area contributed by atoms with Crippen molar-refractivity contribution in [3.63, 3.8) is 0 Å². The fourth-order valence-corrected chi connectivity index (χ4v) is 3.68. The molecule has 0 aliphatic heterocycles. The van der Waals surface area contributed by atoms with Gasteiger partial charge in [-0.1, -0.05) is 11.8 Å². The lowest BCUT2D eigenvalue weighted by Crippen LogP contribution is -2.23. The fraction of sp³-hybridized carbons (Fsp3) is 0.158. The van der Waals surface area contributed by atoms with Gasteiger partial charge in [-0.05, 0) is 49.4 Å². The number of imidazole rings is 1. The number of alkyl halides is 2. The molecular formula is C19H17F2N7O3S. The molecule has 4 aromatic rings. The molecule has 0 aliphatic rings. The van der Waals surface area contributed by atoms with Crippen molar-refractivity contribution in [2.75, 3.05) is 11.2 Å². The fourth-order valence-electron chi connectivity index (χ4n) is 2.91. The molecule has 0 radical (unpaired) electrons. The van der Waals surface area contributed by atoms with Crippen LogP contribution in [0.4, 0.5) is 14.5 Å². The van der Waals surface area contributed by atoms with Crippen molar-refractivity contribution in [2.24, 2.45) is 0 Å². The monoisotopic (exact) mass is 461 g/mol. The standard InChI is InChI=1S/C19H17F2N7O3S/c1-9(16(29)23-11-4-7-13-14(8-11)25-18(30)24-13)32-19-27-26-15(28(19)22)10-2-5-12(6-3-10)31-17(20)21/h2-9,17H,22H2,1H3,(H,23,29)(H2,24,25,30).